The van der Waals surface area contributed by atoms with E-state index in [2.05, 4.69) is 78.0 Å². The van der Waals surface area contributed by atoms with Gasteiger partial charge in [0, 0.05) is 6.42 Å². The molecule has 0 rings (SSSR count). The first-order chi connectivity index (χ1) is 19.3. The number of ether oxygens (including phenoxy) is 1. The van der Waals surface area contributed by atoms with Crippen LogP contribution in [0.15, 0.2) is 58.7 Å². The first-order valence-electron chi connectivity index (χ1n) is 16.8. The SMILES string of the molecule is CCCCCCCC/C=C\CCCCCCCC(=O)OC/C=C(\C)CCC=C(C)CC/C=C(\C)CCC=C(C)C. The van der Waals surface area contributed by atoms with Crippen LogP contribution in [-0.2, 0) is 9.53 Å². The second-order valence-corrected chi connectivity index (χ2v) is 12.1. The molecule has 0 aliphatic rings. The average molecular weight is 555 g/mol. The zero-order chi connectivity index (χ0) is 29.7. The molecule has 40 heavy (non-hydrogen) atoms. The van der Waals surface area contributed by atoms with E-state index in [4.69, 9.17) is 4.74 Å². The van der Waals surface area contributed by atoms with Crippen LogP contribution in [-0.4, -0.2) is 12.6 Å². The molecule has 0 bridgehead atoms. The molecular formula is C38H66O2. The number of esters is 1. The van der Waals surface area contributed by atoms with Crippen molar-refractivity contribution in [1.82, 2.24) is 0 Å². The van der Waals surface area contributed by atoms with Gasteiger partial charge in [0.25, 0.3) is 0 Å². The van der Waals surface area contributed by atoms with Gasteiger partial charge >= 0.3 is 5.97 Å². The highest BCUT2D eigenvalue weighted by molar-refractivity contribution is 5.69. The molecule has 0 amide bonds. The molecule has 0 N–H and O–H groups in total. The minimum atomic E-state index is -0.0541. The van der Waals surface area contributed by atoms with Gasteiger partial charge in [0.1, 0.15) is 6.61 Å². The predicted octanol–water partition coefficient (Wildman–Crippen LogP) is 12.7. The number of carbonyl (C=O) groups excluding carboxylic acids is 1. The third-order valence-corrected chi connectivity index (χ3v) is 7.47. The molecule has 0 aromatic rings. The Morgan fingerprint density at radius 3 is 1.48 bits per heavy atom. The molecule has 0 atom stereocenters. The first-order valence-corrected chi connectivity index (χ1v) is 16.8. The maximum absolute atomic E-state index is 12.0. The van der Waals surface area contributed by atoms with Crippen LogP contribution in [0.25, 0.3) is 0 Å². The van der Waals surface area contributed by atoms with Crippen molar-refractivity contribution >= 4 is 5.97 Å². The molecule has 0 saturated carbocycles. The van der Waals surface area contributed by atoms with E-state index in [-0.39, 0.29) is 5.97 Å². The topological polar surface area (TPSA) is 26.3 Å². The summed E-state index contributed by atoms with van der Waals surface area (Å²) >= 11 is 0. The van der Waals surface area contributed by atoms with Crippen LogP contribution in [0.1, 0.15) is 170 Å². The third kappa shape index (κ3) is 29.2. The second kappa shape index (κ2) is 28.7. The largest absolute Gasteiger partial charge is 0.461 e. The Bertz CT molecular complexity index is 758. The van der Waals surface area contributed by atoms with Crippen molar-refractivity contribution in [2.75, 3.05) is 6.61 Å². The predicted molar refractivity (Wildman–Crippen MR) is 179 cm³/mol. The van der Waals surface area contributed by atoms with Gasteiger partial charge in [0.15, 0.2) is 0 Å². The number of hydrogen-bond donors (Lipinski definition) is 0. The van der Waals surface area contributed by atoms with Crippen molar-refractivity contribution in [3.63, 3.8) is 0 Å². The molecule has 0 unspecified atom stereocenters. The van der Waals surface area contributed by atoms with Gasteiger partial charge in [-0.25, -0.2) is 0 Å². The number of unbranched alkanes of at least 4 members (excludes halogenated alkanes) is 11. The Labute approximate surface area is 250 Å². The summed E-state index contributed by atoms with van der Waals surface area (Å²) in [5.74, 6) is -0.0541. The van der Waals surface area contributed by atoms with E-state index in [0.717, 1.165) is 44.9 Å². The number of carbonyl (C=O) groups is 1. The summed E-state index contributed by atoms with van der Waals surface area (Å²) in [4.78, 5) is 12.0. The lowest BCUT2D eigenvalue weighted by molar-refractivity contribution is -0.142. The average Bonchev–Trinajstić information content (AvgIpc) is 2.90. The summed E-state index contributed by atoms with van der Waals surface area (Å²) < 4.78 is 5.43. The van der Waals surface area contributed by atoms with Crippen LogP contribution in [0.4, 0.5) is 0 Å². The highest BCUT2D eigenvalue weighted by Crippen LogP contribution is 2.14. The van der Waals surface area contributed by atoms with Crippen molar-refractivity contribution in [2.45, 2.75) is 170 Å². The minimum absolute atomic E-state index is 0.0541. The number of allylic oxidation sites excluding steroid dienone is 9. The summed E-state index contributed by atoms with van der Waals surface area (Å²) in [6, 6.07) is 0. The van der Waals surface area contributed by atoms with E-state index in [1.54, 1.807) is 0 Å². The normalized spacial score (nSPS) is 12.8. The van der Waals surface area contributed by atoms with Crippen molar-refractivity contribution < 1.29 is 9.53 Å². The molecule has 2 heteroatoms. The lowest BCUT2D eigenvalue weighted by Crippen LogP contribution is -2.04. The molecule has 0 fully saturated rings. The molecule has 2 nitrogen and oxygen atoms in total. The van der Waals surface area contributed by atoms with Crippen LogP contribution in [0.5, 0.6) is 0 Å². The smallest absolute Gasteiger partial charge is 0.306 e. The Morgan fingerprint density at radius 1 is 0.500 bits per heavy atom. The summed E-state index contributed by atoms with van der Waals surface area (Å²) in [5.41, 5.74) is 5.67. The Morgan fingerprint density at radius 2 is 0.950 bits per heavy atom. The quantitative estimate of drug-likeness (QED) is 0.0603. The zero-order valence-corrected chi connectivity index (χ0v) is 27.6. The second-order valence-electron chi connectivity index (χ2n) is 12.1. The fourth-order valence-corrected chi connectivity index (χ4v) is 4.68. The third-order valence-electron chi connectivity index (χ3n) is 7.47. The lowest BCUT2D eigenvalue weighted by atomic mass is 10.0. The zero-order valence-electron chi connectivity index (χ0n) is 27.6. The Kier molecular flexibility index (Phi) is 27.4. The van der Waals surface area contributed by atoms with Gasteiger partial charge in [0.2, 0.25) is 0 Å². The molecule has 0 aromatic carbocycles. The molecule has 230 valence electrons. The van der Waals surface area contributed by atoms with Gasteiger partial charge in [-0.05, 0) is 111 Å². The summed E-state index contributed by atoms with van der Waals surface area (Å²) in [6.07, 6.45) is 37.6. The molecule has 0 radical (unpaired) electrons. The van der Waals surface area contributed by atoms with Crippen LogP contribution in [0.2, 0.25) is 0 Å². The number of hydrogen-bond acceptors (Lipinski definition) is 2. The maximum atomic E-state index is 12.0. The van der Waals surface area contributed by atoms with Crippen molar-refractivity contribution in [2.24, 2.45) is 0 Å². The Hall–Kier alpha value is -1.83. The number of rotatable bonds is 26. The van der Waals surface area contributed by atoms with Crippen molar-refractivity contribution in [3.8, 4) is 0 Å². The van der Waals surface area contributed by atoms with Crippen LogP contribution < -0.4 is 0 Å². The van der Waals surface area contributed by atoms with E-state index in [1.807, 2.05) is 0 Å². The van der Waals surface area contributed by atoms with Crippen LogP contribution in [0.3, 0.4) is 0 Å². The maximum Gasteiger partial charge on any atom is 0.306 e. The van der Waals surface area contributed by atoms with Gasteiger partial charge < -0.3 is 4.74 Å². The van der Waals surface area contributed by atoms with Crippen molar-refractivity contribution in [1.29, 1.82) is 0 Å². The van der Waals surface area contributed by atoms with E-state index >= 15 is 0 Å². The fourth-order valence-electron chi connectivity index (χ4n) is 4.68. The molecular weight excluding hydrogens is 488 g/mol. The van der Waals surface area contributed by atoms with Gasteiger partial charge in [-0.2, -0.15) is 0 Å². The van der Waals surface area contributed by atoms with Gasteiger partial charge in [-0.3, -0.25) is 4.79 Å². The highest BCUT2D eigenvalue weighted by atomic mass is 16.5. The summed E-state index contributed by atoms with van der Waals surface area (Å²) in [6.45, 7) is 13.6. The molecule has 0 aliphatic heterocycles. The fraction of sp³-hybridized carbons (Fsp3) is 0.711. The van der Waals surface area contributed by atoms with E-state index in [9.17, 15) is 4.79 Å². The summed E-state index contributed by atoms with van der Waals surface area (Å²) in [7, 11) is 0. The van der Waals surface area contributed by atoms with E-state index in [1.165, 1.54) is 99.3 Å². The van der Waals surface area contributed by atoms with Gasteiger partial charge in [-0.15, -0.1) is 0 Å². The molecule has 0 aliphatic carbocycles. The van der Waals surface area contributed by atoms with Crippen LogP contribution in [0, 0.1) is 0 Å². The molecule has 0 spiro atoms. The molecule has 0 heterocycles. The minimum Gasteiger partial charge on any atom is -0.461 e. The molecule has 0 saturated heterocycles. The summed E-state index contributed by atoms with van der Waals surface area (Å²) in [5, 5.41) is 0. The first kappa shape index (κ1) is 38.2. The Balaban J connectivity index is 3.72. The monoisotopic (exact) mass is 555 g/mol. The van der Waals surface area contributed by atoms with Crippen LogP contribution >= 0.6 is 0 Å². The van der Waals surface area contributed by atoms with E-state index in [0.29, 0.717) is 13.0 Å². The lowest BCUT2D eigenvalue weighted by Gasteiger charge is -2.04. The standard InChI is InChI=1S/C38H66O2/c1-7-8-9-10-11-12-13-14-15-16-17-18-19-20-21-31-38(39)40-33-32-37(6)30-24-29-36(5)28-23-27-35(4)26-22-25-34(2)3/h14-15,25,27,29,32H,7-13,16-24,26,28,30-31,33H2,1-6H3/b15-14-,35-27+,36-29?,37-32+. The van der Waals surface area contributed by atoms with E-state index < -0.39 is 0 Å². The highest BCUT2D eigenvalue weighted by Gasteiger charge is 2.02. The molecule has 0 aromatic heterocycles. The van der Waals surface area contributed by atoms with Gasteiger partial charge in [-0.1, -0.05) is 111 Å². The van der Waals surface area contributed by atoms with Gasteiger partial charge in [0.05, 0.1) is 0 Å². The van der Waals surface area contributed by atoms with Crippen molar-refractivity contribution in [3.05, 3.63) is 58.7 Å².